The number of rotatable bonds is 5. The Morgan fingerprint density at radius 2 is 2.20 bits per heavy atom. The number of hydrogen-bond acceptors (Lipinski definition) is 3. The predicted octanol–water partition coefficient (Wildman–Crippen LogP) is 2.00. The van der Waals surface area contributed by atoms with Gasteiger partial charge in [0.05, 0.1) is 5.92 Å². The van der Waals surface area contributed by atoms with Gasteiger partial charge in [-0.3, -0.25) is 4.79 Å². The molecule has 0 aromatic rings. The van der Waals surface area contributed by atoms with Crippen LogP contribution < -0.4 is 0 Å². The summed E-state index contributed by atoms with van der Waals surface area (Å²) in [4.78, 5) is 15.9. The third-order valence-corrected chi connectivity index (χ3v) is 2.88. The van der Waals surface area contributed by atoms with Gasteiger partial charge in [0.2, 0.25) is 0 Å². The zero-order chi connectivity index (χ0) is 11.6. The number of nitrogens with zero attached hydrogens (tertiary/aromatic N) is 1. The van der Waals surface area contributed by atoms with E-state index in [4.69, 9.17) is 9.94 Å². The molecule has 2 unspecified atom stereocenters. The lowest BCUT2D eigenvalue weighted by atomic mass is 10.1. The average molecular weight is 213 g/mol. The second kappa shape index (κ2) is 4.21. The molecule has 0 bridgehead atoms. The number of oxime groups is 1. The first-order valence-electron chi connectivity index (χ1n) is 5.25. The Balaban J connectivity index is 2.38. The molecule has 0 saturated heterocycles. The van der Waals surface area contributed by atoms with E-state index in [1.165, 1.54) is 0 Å². The van der Waals surface area contributed by atoms with Crippen LogP contribution in [0.2, 0.25) is 0 Å². The summed E-state index contributed by atoms with van der Waals surface area (Å²) in [5, 5.41) is 12.7. The third-order valence-electron chi connectivity index (χ3n) is 2.88. The average Bonchev–Trinajstić information content (AvgIpc) is 2.62. The number of carboxylic acid groups (broad SMARTS) is 1. The Kier molecular flexibility index (Phi) is 3.37. The standard InChI is InChI=1S/C11H19NO3/c1-7(2)6-15-12-5-8-9(10(13)14)11(8,3)4/h5,7-9H,6H2,1-4H3,(H,13,14)/b12-5+. The Labute approximate surface area is 90.3 Å². The van der Waals surface area contributed by atoms with Crippen molar-refractivity contribution in [1.29, 1.82) is 0 Å². The highest BCUT2D eigenvalue weighted by atomic mass is 16.6. The molecule has 1 rings (SSSR count). The van der Waals surface area contributed by atoms with Crippen LogP contribution in [0.25, 0.3) is 0 Å². The van der Waals surface area contributed by atoms with Gasteiger partial charge < -0.3 is 9.94 Å². The maximum Gasteiger partial charge on any atom is 0.307 e. The van der Waals surface area contributed by atoms with E-state index < -0.39 is 5.97 Å². The normalized spacial score (nSPS) is 28.3. The van der Waals surface area contributed by atoms with Crippen molar-refractivity contribution >= 4 is 12.2 Å². The van der Waals surface area contributed by atoms with Crippen LogP contribution in [-0.2, 0) is 9.63 Å². The molecule has 1 saturated carbocycles. The summed E-state index contributed by atoms with van der Waals surface area (Å²) in [6, 6.07) is 0. The topological polar surface area (TPSA) is 58.9 Å². The lowest BCUT2D eigenvalue weighted by Crippen LogP contribution is -2.03. The van der Waals surface area contributed by atoms with E-state index in [1.807, 2.05) is 27.7 Å². The summed E-state index contributed by atoms with van der Waals surface area (Å²) < 4.78 is 0. The fraction of sp³-hybridized carbons (Fsp3) is 0.818. The fourth-order valence-electron chi connectivity index (χ4n) is 1.73. The van der Waals surface area contributed by atoms with Crippen molar-refractivity contribution in [2.75, 3.05) is 6.61 Å². The Morgan fingerprint density at radius 1 is 1.60 bits per heavy atom. The van der Waals surface area contributed by atoms with Crippen LogP contribution in [-0.4, -0.2) is 23.9 Å². The van der Waals surface area contributed by atoms with Gasteiger partial charge in [-0.2, -0.15) is 0 Å². The van der Waals surface area contributed by atoms with Crippen molar-refractivity contribution in [2.24, 2.45) is 28.3 Å². The van der Waals surface area contributed by atoms with Gasteiger partial charge in [0.1, 0.15) is 6.61 Å². The van der Waals surface area contributed by atoms with E-state index in [2.05, 4.69) is 5.16 Å². The summed E-state index contributed by atoms with van der Waals surface area (Å²) in [6.07, 6.45) is 1.63. The summed E-state index contributed by atoms with van der Waals surface area (Å²) in [7, 11) is 0. The minimum absolute atomic E-state index is 0.00200. The Morgan fingerprint density at radius 3 is 2.60 bits per heavy atom. The van der Waals surface area contributed by atoms with Gasteiger partial charge in [0.25, 0.3) is 0 Å². The molecule has 1 aliphatic rings. The van der Waals surface area contributed by atoms with Gasteiger partial charge in [-0.15, -0.1) is 0 Å². The number of hydrogen-bond donors (Lipinski definition) is 1. The first kappa shape index (κ1) is 12.0. The third kappa shape index (κ3) is 2.70. The molecule has 0 aliphatic heterocycles. The van der Waals surface area contributed by atoms with Crippen molar-refractivity contribution in [3.05, 3.63) is 0 Å². The fourth-order valence-corrected chi connectivity index (χ4v) is 1.73. The first-order valence-corrected chi connectivity index (χ1v) is 5.25. The molecule has 2 atom stereocenters. The van der Waals surface area contributed by atoms with Crippen molar-refractivity contribution in [3.63, 3.8) is 0 Å². The highest BCUT2D eigenvalue weighted by Crippen LogP contribution is 2.57. The van der Waals surface area contributed by atoms with Crippen molar-refractivity contribution < 1.29 is 14.7 Å². The summed E-state index contributed by atoms with van der Waals surface area (Å²) in [5.41, 5.74) is -0.184. The van der Waals surface area contributed by atoms with Crippen LogP contribution in [0.3, 0.4) is 0 Å². The van der Waals surface area contributed by atoms with Gasteiger partial charge in [-0.05, 0) is 11.3 Å². The van der Waals surface area contributed by atoms with E-state index in [0.717, 1.165) is 0 Å². The number of aliphatic carboxylic acids is 1. The molecule has 0 spiro atoms. The largest absolute Gasteiger partial charge is 0.481 e. The molecule has 0 aromatic heterocycles. The lowest BCUT2D eigenvalue weighted by Gasteiger charge is -2.01. The molecular formula is C11H19NO3. The van der Waals surface area contributed by atoms with E-state index in [0.29, 0.717) is 12.5 Å². The van der Waals surface area contributed by atoms with Gasteiger partial charge >= 0.3 is 5.97 Å². The van der Waals surface area contributed by atoms with Gasteiger partial charge in [0.15, 0.2) is 0 Å². The zero-order valence-electron chi connectivity index (χ0n) is 9.73. The van der Waals surface area contributed by atoms with Crippen LogP contribution in [0.1, 0.15) is 27.7 Å². The molecule has 1 fully saturated rings. The maximum atomic E-state index is 10.8. The number of carbonyl (C=O) groups is 1. The van der Waals surface area contributed by atoms with Crippen LogP contribution in [0.15, 0.2) is 5.16 Å². The summed E-state index contributed by atoms with van der Waals surface area (Å²) in [5.74, 6) is -0.629. The molecule has 1 aliphatic carbocycles. The maximum absolute atomic E-state index is 10.8. The Hall–Kier alpha value is -1.06. The van der Waals surface area contributed by atoms with Crippen LogP contribution in [0.4, 0.5) is 0 Å². The Bertz CT molecular complexity index is 271. The molecule has 0 amide bonds. The van der Waals surface area contributed by atoms with Crippen molar-refractivity contribution in [3.8, 4) is 0 Å². The SMILES string of the molecule is CC(C)CO/N=C/C1C(C(=O)O)C1(C)C. The van der Waals surface area contributed by atoms with Crippen LogP contribution in [0.5, 0.6) is 0 Å². The molecular weight excluding hydrogens is 194 g/mol. The van der Waals surface area contributed by atoms with Gasteiger partial charge in [0, 0.05) is 12.1 Å². The molecule has 0 heterocycles. The second-order valence-corrected chi connectivity index (χ2v) is 5.11. The van der Waals surface area contributed by atoms with Crippen LogP contribution in [0, 0.1) is 23.2 Å². The molecule has 15 heavy (non-hydrogen) atoms. The lowest BCUT2D eigenvalue weighted by molar-refractivity contribution is -0.139. The van der Waals surface area contributed by atoms with Gasteiger partial charge in [-0.1, -0.05) is 32.9 Å². The molecule has 0 aromatic carbocycles. The molecule has 86 valence electrons. The predicted molar refractivity (Wildman–Crippen MR) is 57.7 cm³/mol. The van der Waals surface area contributed by atoms with E-state index in [9.17, 15) is 4.79 Å². The molecule has 0 radical (unpaired) electrons. The monoisotopic (exact) mass is 213 g/mol. The minimum atomic E-state index is -0.750. The smallest absolute Gasteiger partial charge is 0.307 e. The zero-order valence-corrected chi connectivity index (χ0v) is 9.73. The molecule has 4 heteroatoms. The highest BCUT2D eigenvalue weighted by molar-refractivity contribution is 5.84. The van der Waals surface area contributed by atoms with Gasteiger partial charge in [-0.25, -0.2) is 0 Å². The second-order valence-electron chi connectivity index (χ2n) is 5.11. The van der Waals surface area contributed by atoms with E-state index >= 15 is 0 Å². The summed E-state index contributed by atoms with van der Waals surface area (Å²) in [6.45, 7) is 8.52. The first-order chi connectivity index (χ1) is 6.87. The van der Waals surface area contributed by atoms with Crippen molar-refractivity contribution in [1.82, 2.24) is 0 Å². The molecule has 1 N–H and O–H groups in total. The quantitative estimate of drug-likeness (QED) is 0.561. The van der Waals surface area contributed by atoms with Crippen LogP contribution >= 0.6 is 0 Å². The number of carboxylic acids is 1. The minimum Gasteiger partial charge on any atom is -0.481 e. The van der Waals surface area contributed by atoms with E-state index in [-0.39, 0.29) is 17.3 Å². The summed E-state index contributed by atoms with van der Waals surface area (Å²) >= 11 is 0. The highest BCUT2D eigenvalue weighted by Gasteiger charge is 2.61. The van der Waals surface area contributed by atoms with Crippen molar-refractivity contribution in [2.45, 2.75) is 27.7 Å². The van der Waals surface area contributed by atoms with E-state index in [1.54, 1.807) is 6.21 Å². The molecule has 4 nitrogen and oxygen atoms in total.